The summed E-state index contributed by atoms with van der Waals surface area (Å²) in [4.78, 5) is 4.36. The van der Waals surface area contributed by atoms with Crippen molar-refractivity contribution in [3.63, 3.8) is 0 Å². The van der Waals surface area contributed by atoms with Gasteiger partial charge in [-0.2, -0.15) is 0 Å². The highest BCUT2D eigenvalue weighted by Gasteiger charge is 2.30. The average Bonchev–Trinajstić information content (AvgIpc) is 2.49. The van der Waals surface area contributed by atoms with Crippen molar-refractivity contribution in [2.75, 3.05) is 0 Å². The minimum Gasteiger partial charge on any atom is -0.388 e. The van der Waals surface area contributed by atoms with Crippen molar-refractivity contribution in [2.24, 2.45) is 0 Å². The summed E-state index contributed by atoms with van der Waals surface area (Å²) in [5.74, 6) is -1.53. The predicted octanol–water partition coefficient (Wildman–Crippen LogP) is 3.82. The topological polar surface area (TPSA) is 33.1 Å². The number of nitrogens with zero attached hydrogens (tertiary/aromatic N) is 1. The fourth-order valence-corrected chi connectivity index (χ4v) is 3.08. The van der Waals surface area contributed by atoms with Gasteiger partial charge in [0.2, 0.25) is 0 Å². The highest BCUT2D eigenvalue weighted by molar-refractivity contribution is 5.33. The van der Waals surface area contributed by atoms with Crippen LogP contribution in [0.15, 0.2) is 30.5 Å². The Morgan fingerprint density at radius 1 is 1.29 bits per heavy atom. The molecule has 0 radical (unpaired) electrons. The number of rotatable bonds is 2. The monoisotopic (exact) mass is 289 g/mol. The minimum absolute atomic E-state index is 0.150. The van der Waals surface area contributed by atoms with Crippen LogP contribution >= 0.6 is 0 Å². The van der Waals surface area contributed by atoms with Gasteiger partial charge >= 0.3 is 0 Å². The van der Waals surface area contributed by atoms with Gasteiger partial charge in [-0.05, 0) is 49.4 Å². The van der Waals surface area contributed by atoms with Gasteiger partial charge < -0.3 is 5.11 Å². The highest BCUT2D eigenvalue weighted by atomic mass is 19.1. The third-order valence-corrected chi connectivity index (χ3v) is 4.22. The van der Waals surface area contributed by atoms with Gasteiger partial charge in [0.05, 0.1) is 6.10 Å². The molecule has 0 saturated carbocycles. The minimum atomic E-state index is -1.00. The molecule has 0 aliphatic heterocycles. The van der Waals surface area contributed by atoms with E-state index in [4.69, 9.17) is 0 Å². The SMILES string of the molecule is Cc1cc(C(O)C2CCCc3cccnc32)c(F)cc1F. The fraction of sp³-hybridized carbons (Fsp3) is 0.353. The van der Waals surface area contributed by atoms with E-state index >= 15 is 0 Å². The molecule has 0 spiro atoms. The molecule has 1 heterocycles. The highest BCUT2D eigenvalue weighted by Crippen LogP contribution is 2.40. The van der Waals surface area contributed by atoms with Crippen LogP contribution in [0.4, 0.5) is 8.78 Å². The molecule has 0 bridgehead atoms. The quantitative estimate of drug-likeness (QED) is 0.911. The number of aliphatic hydroxyl groups excluding tert-OH is 1. The van der Waals surface area contributed by atoms with Gasteiger partial charge in [0.25, 0.3) is 0 Å². The van der Waals surface area contributed by atoms with E-state index in [-0.39, 0.29) is 11.5 Å². The van der Waals surface area contributed by atoms with Crippen LogP contribution < -0.4 is 0 Å². The molecule has 1 N–H and O–H groups in total. The van der Waals surface area contributed by atoms with Crippen molar-refractivity contribution in [3.05, 3.63) is 64.5 Å². The number of hydrogen-bond donors (Lipinski definition) is 1. The fourth-order valence-electron chi connectivity index (χ4n) is 3.08. The molecule has 110 valence electrons. The van der Waals surface area contributed by atoms with Gasteiger partial charge in [-0.3, -0.25) is 4.98 Å². The van der Waals surface area contributed by atoms with E-state index in [9.17, 15) is 13.9 Å². The molecule has 4 heteroatoms. The Bertz CT molecular complexity index is 672. The number of aryl methyl sites for hydroxylation is 2. The standard InChI is InChI=1S/C17H17F2NO/c1-10-8-13(15(19)9-14(10)18)17(21)12-6-2-4-11-5-3-7-20-16(11)12/h3,5,7-9,12,17,21H,2,4,6H2,1H3. The van der Waals surface area contributed by atoms with Gasteiger partial charge in [-0.15, -0.1) is 0 Å². The molecule has 0 fully saturated rings. The first-order valence-corrected chi connectivity index (χ1v) is 7.15. The molecule has 2 aromatic rings. The van der Waals surface area contributed by atoms with Crippen LogP contribution in [0.25, 0.3) is 0 Å². The van der Waals surface area contributed by atoms with Crippen LogP contribution in [-0.4, -0.2) is 10.1 Å². The van der Waals surface area contributed by atoms with E-state index in [0.717, 1.165) is 36.6 Å². The van der Waals surface area contributed by atoms with Gasteiger partial charge in [0, 0.05) is 29.4 Å². The lowest BCUT2D eigenvalue weighted by Crippen LogP contribution is -2.19. The maximum absolute atomic E-state index is 14.0. The molecule has 2 atom stereocenters. The van der Waals surface area contributed by atoms with Crippen LogP contribution in [0.5, 0.6) is 0 Å². The second kappa shape index (κ2) is 5.53. The zero-order valence-electron chi connectivity index (χ0n) is 11.8. The summed E-state index contributed by atoms with van der Waals surface area (Å²) in [5.41, 5.74) is 2.42. The number of benzene rings is 1. The summed E-state index contributed by atoms with van der Waals surface area (Å²) in [6.07, 6.45) is 3.30. The summed E-state index contributed by atoms with van der Waals surface area (Å²) in [7, 11) is 0. The lowest BCUT2D eigenvalue weighted by atomic mass is 9.80. The lowest BCUT2D eigenvalue weighted by Gasteiger charge is -2.28. The van der Waals surface area contributed by atoms with Gasteiger partial charge in [0.15, 0.2) is 0 Å². The van der Waals surface area contributed by atoms with Crippen molar-refractivity contribution in [1.82, 2.24) is 4.98 Å². The lowest BCUT2D eigenvalue weighted by molar-refractivity contribution is 0.129. The summed E-state index contributed by atoms with van der Waals surface area (Å²) in [5, 5.41) is 10.6. The smallest absolute Gasteiger partial charge is 0.131 e. The van der Waals surface area contributed by atoms with Crippen LogP contribution in [0.2, 0.25) is 0 Å². The Kier molecular flexibility index (Phi) is 3.72. The van der Waals surface area contributed by atoms with Crippen molar-refractivity contribution >= 4 is 0 Å². The van der Waals surface area contributed by atoms with Gasteiger partial charge in [0.1, 0.15) is 11.6 Å². The molecule has 3 rings (SSSR count). The third kappa shape index (κ3) is 2.56. The van der Waals surface area contributed by atoms with E-state index in [0.29, 0.717) is 5.56 Å². The van der Waals surface area contributed by atoms with Crippen molar-refractivity contribution in [2.45, 2.75) is 38.2 Å². The van der Waals surface area contributed by atoms with E-state index in [1.165, 1.54) is 6.07 Å². The predicted molar refractivity (Wildman–Crippen MR) is 76.0 cm³/mol. The molecule has 1 aromatic carbocycles. The number of hydrogen-bond acceptors (Lipinski definition) is 2. The van der Waals surface area contributed by atoms with Crippen LogP contribution in [0, 0.1) is 18.6 Å². The van der Waals surface area contributed by atoms with Crippen molar-refractivity contribution in [1.29, 1.82) is 0 Å². The molecular weight excluding hydrogens is 272 g/mol. The third-order valence-electron chi connectivity index (χ3n) is 4.22. The number of fused-ring (bicyclic) bond motifs is 1. The molecule has 1 aliphatic carbocycles. The zero-order chi connectivity index (χ0) is 15.0. The maximum Gasteiger partial charge on any atom is 0.131 e. The Morgan fingerprint density at radius 2 is 2.10 bits per heavy atom. The molecule has 1 aromatic heterocycles. The van der Waals surface area contributed by atoms with Crippen molar-refractivity contribution in [3.8, 4) is 0 Å². The summed E-state index contributed by atoms with van der Waals surface area (Å²) < 4.78 is 27.4. The molecule has 21 heavy (non-hydrogen) atoms. The molecule has 2 nitrogen and oxygen atoms in total. The number of aliphatic hydroxyl groups is 1. The van der Waals surface area contributed by atoms with Gasteiger partial charge in [-0.1, -0.05) is 6.07 Å². The first-order valence-electron chi connectivity index (χ1n) is 7.15. The first-order chi connectivity index (χ1) is 10.1. The number of pyridine rings is 1. The summed E-state index contributed by atoms with van der Waals surface area (Å²) in [6, 6.07) is 6.10. The van der Waals surface area contributed by atoms with Crippen LogP contribution in [0.3, 0.4) is 0 Å². The van der Waals surface area contributed by atoms with Crippen LogP contribution in [0.1, 0.15) is 47.2 Å². The maximum atomic E-state index is 14.0. The largest absolute Gasteiger partial charge is 0.388 e. The van der Waals surface area contributed by atoms with Gasteiger partial charge in [-0.25, -0.2) is 8.78 Å². The molecule has 1 aliphatic rings. The van der Waals surface area contributed by atoms with E-state index < -0.39 is 17.7 Å². The Hall–Kier alpha value is -1.81. The second-order valence-electron chi connectivity index (χ2n) is 5.61. The van der Waals surface area contributed by atoms with E-state index in [1.807, 2.05) is 12.1 Å². The normalized spacial score (nSPS) is 19.1. The number of aromatic nitrogens is 1. The first kappa shape index (κ1) is 14.1. The van der Waals surface area contributed by atoms with E-state index in [2.05, 4.69) is 4.98 Å². The Labute approximate surface area is 122 Å². The molecule has 0 saturated heterocycles. The molecule has 0 amide bonds. The van der Waals surface area contributed by atoms with Crippen molar-refractivity contribution < 1.29 is 13.9 Å². The molecule has 2 unspecified atom stereocenters. The Balaban J connectivity index is 2.00. The van der Waals surface area contributed by atoms with E-state index in [1.54, 1.807) is 13.1 Å². The average molecular weight is 289 g/mol. The second-order valence-corrected chi connectivity index (χ2v) is 5.61. The summed E-state index contributed by atoms with van der Waals surface area (Å²) >= 11 is 0. The zero-order valence-corrected chi connectivity index (χ0v) is 11.8. The number of halogens is 2. The summed E-state index contributed by atoms with van der Waals surface area (Å²) in [6.45, 7) is 1.57. The Morgan fingerprint density at radius 3 is 2.90 bits per heavy atom. The molecular formula is C17H17F2NO. The van der Waals surface area contributed by atoms with Crippen LogP contribution in [-0.2, 0) is 6.42 Å².